The second-order valence-electron chi connectivity index (χ2n) is 13.7. The van der Waals surface area contributed by atoms with E-state index in [4.69, 9.17) is 0 Å². The van der Waals surface area contributed by atoms with Crippen molar-refractivity contribution in [3.05, 3.63) is 243 Å². The molecule has 0 spiro atoms. The molecule has 0 aliphatic rings. The summed E-state index contributed by atoms with van der Waals surface area (Å²) in [6.07, 6.45) is 0. The Morgan fingerprint density at radius 2 is 0.500 bits per heavy atom. The van der Waals surface area contributed by atoms with Crippen molar-refractivity contribution in [2.45, 2.75) is 0 Å². The molecule has 8 aromatic carbocycles. The van der Waals surface area contributed by atoms with Crippen LogP contribution in [0.25, 0.3) is 0 Å². The Balaban J connectivity index is 0.00000450. The third kappa shape index (κ3) is 6.34. The molecule has 54 heavy (non-hydrogen) atoms. The molecule has 1 nitrogen and oxygen atoms in total. The minimum Gasteiger partial charge on any atom is -0.426 e. The molecule has 0 unspecified atom stereocenters. The quantitative estimate of drug-likeness (QED) is 0.196. The van der Waals surface area contributed by atoms with Gasteiger partial charge in [0, 0.05) is 29.6 Å². The fourth-order valence-electron chi connectivity index (χ4n) is 9.19. The van der Waals surface area contributed by atoms with Crippen LogP contribution in [0.15, 0.2) is 243 Å². The van der Waals surface area contributed by atoms with Crippen LogP contribution in [-0.2, 0) is 0 Å². The SMILES string of the molecule is O[Si](c1ccccc1)(c1ccccc1)[Si](c1ccccc1)(c1ccccc1)[Si](c1ccccc1)(c1ccccc1)[SiH](c1ccccc1)c1ccccc1.[Na]. The summed E-state index contributed by atoms with van der Waals surface area (Å²) in [5, 5.41) is 10.3. The molecule has 0 aliphatic heterocycles. The van der Waals surface area contributed by atoms with Crippen molar-refractivity contribution in [3.63, 3.8) is 0 Å². The van der Waals surface area contributed by atoms with Gasteiger partial charge in [0.2, 0.25) is 7.83 Å². The summed E-state index contributed by atoms with van der Waals surface area (Å²) >= 11 is 0. The third-order valence-corrected chi connectivity index (χ3v) is 59.8. The van der Waals surface area contributed by atoms with Crippen LogP contribution in [0.5, 0.6) is 0 Å². The molecule has 0 aliphatic carbocycles. The molecular weight excluding hydrogens is 728 g/mol. The zero-order valence-electron chi connectivity index (χ0n) is 30.6. The van der Waals surface area contributed by atoms with Gasteiger partial charge in [-0.1, -0.05) is 274 Å². The largest absolute Gasteiger partial charge is 0.426 e. The Morgan fingerprint density at radius 3 is 0.778 bits per heavy atom. The first-order valence-electron chi connectivity index (χ1n) is 18.4. The van der Waals surface area contributed by atoms with Gasteiger partial charge in [-0.25, -0.2) is 0 Å². The van der Waals surface area contributed by atoms with Gasteiger partial charge in [0.25, 0.3) is 0 Å². The van der Waals surface area contributed by atoms with Crippen molar-refractivity contribution in [2.24, 2.45) is 0 Å². The summed E-state index contributed by atoms with van der Waals surface area (Å²) in [6, 6.07) is 89.9. The molecule has 257 valence electrons. The first-order valence-corrected chi connectivity index (χ1v) is 29.3. The summed E-state index contributed by atoms with van der Waals surface area (Å²) in [7, 11) is -13.2. The summed E-state index contributed by atoms with van der Waals surface area (Å²) < 4.78 is 0. The Bertz CT molecular complexity index is 2180. The first kappa shape index (κ1) is 37.9. The number of hydrogen-bond donors (Lipinski definition) is 1. The Kier molecular flexibility index (Phi) is 11.9. The topological polar surface area (TPSA) is 20.2 Å². The van der Waals surface area contributed by atoms with Crippen molar-refractivity contribution in [1.29, 1.82) is 0 Å². The van der Waals surface area contributed by atoms with Crippen LogP contribution in [0.1, 0.15) is 0 Å². The minimum absolute atomic E-state index is 0. The second-order valence-corrected chi connectivity index (χ2v) is 40.5. The molecule has 6 heteroatoms. The molecule has 0 saturated heterocycles. The van der Waals surface area contributed by atoms with Gasteiger partial charge in [-0.05, 0) is 10.4 Å². The molecule has 1 N–H and O–H groups in total. The van der Waals surface area contributed by atoms with Gasteiger partial charge < -0.3 is 4.80 Å². The van der Waals surface area contributed by atoms with Gasteiger partial charge in [0.1, 0.15) is 15.4 Å². The van der Waals surface area contributed by atoms with E-state index >= 15 is 4.80 Å². The van der Waals surface area contributed by atoms with Crippen LogP contribution < -0.4 is 41.5 Å². The van der Waals surface area contributed by atoms with Crippen molar-refractivity contribution in [2.75, 3.05) is 0 Å². The van der Waals surface area contributed by atoms with Gasteiger partial charge in [0.15, 0.2) is 7.11 Å². The summed E-state index contributed by atoms with van der Waals surface area (Å²) in [5.41, 5.74) is 0. The van der Waals surface area contributed by atoms with Crippen LogP contribution in [0, 0.1) is 0 Å². The fraction of sp³-hybridized carbons (Fsp3) is 0. The third-order valence-electron chi connectivity index (χ3n) is 11.1. The van der Waals surface area contributed by atoms with Gasteiger partial charge in [-0.15, -0.1) is 0 Å². The Morgan fingerprint density at radius 1 is 0.278 bits per heavy atom. The van der Waals surface area contributed by atoms with E-state index in [0.29, 0.717) is 0 Å². The van der Waals surface area contributed by atoms with Crippen LogP contribution in [0.4, 0.5) is 0 Å². The maximum Gasteiger partial charge on any atom is 0.245 e. The van der Waals surface area contributed by atoms with Gasteiger partial charge in [-0.2, -0.15) is 0 Å². The summed E-state index contributed by atoms with van der Waals surface area (Å²) in [5.74, 6) is 0. The maximum absolute atomic E-state index is 15.2. The van der Waals surface area contributed by atoms with E-state index in [9.17, 15) is 0 Å². The fourth-order valence-corrected chi connectivity index (χ4v) is 76.6. The number of hydrogen-bond acceptors (Lipinski definition) is 1. The molecule has 0 saturated carbocycles. The second kappa shape index (κ2) is 16.9. The van der Waals surface area contributed by atoms with Crippen LogP contribution in [0.2, 0.25) is 0 Å². The standard InChI is InChI=1S/C48H42OSi4.Na/c49-51(43-29-13-3-14-30-43,44-31-15-4-16-32-44)53(47-37-21-7-22-38-47,48-39-23-8-24-40-48)52(45-33-17-5-18-34-45,46-35-19-6-20-36-46)50(41-25-9-1-10-26-41)42-27-11-2-12-28-42;/h1-40,49-50H;. The average molecular weight is 770 g/mol. The zero-order valence-corrected chi connectivity index (χ0v) is 36.8. The molecule has 0 amide bonds. The molecule has 1 radical (unpaired) electrons. The van der Waals surface area contributed by atoms with Crippen molar-refractivity contribution >= 4 is 101 Å². The van der Waals surface area contributed by atoms with Gasteiger partial charge in [-0.3, -0.25) is 0 Å². The molecule has 0 fully saturated rings. The van der Waals surface area contributed by atoms with E-state index in [-0.39, 0.29) is 29.6 Å². The van der Waals surface area contributed by atoms with Crippen molar-refractivity contribution in [1.82, 2.24) is 0 Å². The smallest absolute Gasteiger partial charge is 0.245 e. The molecule has 8 aromatic rings. The maximum atomic E-state index is 15.2. The number of benzene rings is 8. The minimum atomic E-state index is -3.86. The normalized spacial score (nSPS) is 11.8. The predicted octanol–water partition coefficient (Wildman–Crippen LogP) is 4.16. The molecule has 0 aromatic heterocycles. The molecule has 0 atom stereocenters. The Hall–Kier alpha value is -4.41. The molecular formula is C48H42NaOSi4. The molecule has 8 rings (SSSR count). The van der Waals surface area contributed by atoms with E-state index in [1.807, 2.05) is 0 Å². The van der Waals surface area contributed by atoms with Crippen LogP contribution in [-0.4, -0.2) is 64.7 Å². The van der Waals surface area contributed by atoms with E-state index in [1.54, 1.807) is 0 Å². The van der Waals surface area contributed by atoms with E-state index in [2.05, 4.69) is 243 Å². The van der Waals surface area contributed by atoms with Crippen molar-refractivity contribution < 1.29 is 4.80 Å². The van der Waals surface area contributed by atoms with E-state index < -0.39 is 30.4 Å². The average Bonchev–Trinajstić information content (AvgIpc) is 3.26. The van der Waals surface area contributed by atoms with Crippen LogP contribution >= 0.6 is 0 Å². The van der Waals surface area contributed by atoms with E-state index in [1.165, 1.54) is 31.1 Å². The molecule has 0 bridgehead atoms. The van der Waals surface area contributed by atoms with Gasteiger partial charge in [0.05, 0.1) is 0 Å². The zero-order chi connectivity index (χ0) is 36.0. The summed E-state index contributed by atoms with van der Waals surface area (Å²) in [6.45, 7) is 0. The van der Waals surface area contributed by atoms with E-state index in [0.717, 1.165) is 10.4 Å². The Labute approximate surface area is 346 Å². The first-order chi connectivity index (χ1) is 26.2. The predicted molar refractivity (Wildman–Crippen MR) is 241 cm³/mol. The number of rotatable bonds is 11. The van der Waals surface area contributed by atoms with Crippen molar-refractivity contribution in [3.8, 4) is 0 Å². The molecule has 0 heterocycles. The summed E-state index contributed by atoms with van der Waals surface area (Å²) in [4.78, 5) is 15.2. The van der Waals surface area contributed by atoms with Crippen LogP contribution in [0.3, 0.4) is 0 Å². The van der Waals surface area contributed by atoms with Gasteiger partial charge >= 0.3 is 0 Å². The monoisotopic (exact) mass is 769 g/mol.